The molecule has 4 rings (SSSR count). The molecule has 5 nitrogen and oxygen atoms in total. The van der Waals surface area contributed by atoms with Crippen molar-refractivity contribution in [1.29, 1.82) is 0 Å². The number of amides is 1. The number of hydrogen-bond acceptors (Lipinski definition) is 4. The number of carbonyl (C=O) groups is 1. The molecule has 0 atom stereocenters. The van der Waals surface area contributed by atoms with Crippen molar-refractivity contribution in [2.75, 3.05) is 0 Å². The minimum absolute atomic E-state index is 0.355. The first-order valence-corrected chi connectivity index (χ1v) is 12.0. The van der Waals surface area contributed by atoms with E-state index in [0.29, 0.717) is 35.3 Å². The average Bonchev–Trinajstić information content (AvgIpc) is 2.88. The molecule has 176 valence electrons. The van der Waals surface area contributed by atoms with E-state index in [1.165, 1.54) is 0 Å². The standard InChI is InChI=1S/C28H22BrClN2O3/c29-25-16-22(12-15-27(25)35-19-21-10-13-23(30)14-11-21)17-31-32-28(33)24-8-4-5-9-26(24)34-18-20-6-2-1-3-7-20/h1-17H,18-19H2,(H,32,33)/b31-17+. The van der Waals surface area contributed by atoms with Crippen LogP contribution in [0.3, 0.4) is 0 Å². The van der Waals surface area contributed by atoms with E-state index in [9.17, 15) is 4.79 Å². The van der Waals surface area contributed by atoms with Gasteiger partial charge in [0.2, 0.25) is 0 Å². The molecule has 0 saturated heterocycles. The average molecular weight is 550 g/mol. The fourth-order valence-electron chi connectivity index (χ4n) is 3.20. The SMILES string of the molecule is O=C(N/N=C/c1ccc(OCc2ccc(Cl)cc2)c(Br)c1)c1ccccc1OCc1ccccc1. The monoisotopic (exact) mass is 548 g/mol. The van der Waals surface area contributed by atoms with Crippen LogP contribution >= 0.6 is 27.5 Å². The van der Waals surface area contributed by atoms with E-state index in [1.54, 1.807) is 24.4 Å². The number of nitrogens with zero attached hydrogens (tertiary/aromatic N) is 1. The van der Waals surface area contributed by atoms with E-state index in [-0.39, 0.29) is 5.91 Å². The Morgan fingerprint density at radius 1 is 0.829 bits per heavy atom. The van der Waals surface area contributed by atoms with Crippen molar-refractivity contribution in [2.45, 2.75) is 13.2 Å². The third-order valence-corrected chi connectivity index (χ3v) is 5.88. The molecule has 0 aliphatic rings. The molecule has 0 unspecified atom stereocenters. The zero-order chi connectivity index (χ0) is 24.5. The summed E-state index contributed by atoms with van der Waals surface area (Å²) < 4.78 is 12.5. The molecule has 35 heavy (non-hydrogen) atoms. The van der Waals surface area contributed by atoms with E-state index >= 15 is 0 Å². The van der Waals surface area contributed by atoms with Gasteiger partial charge in [-0.15, -0.1) is 0 Å². The maximum Gasteiger partial charge on any atom is 0.275 e. The molecule has 0 heterocycles. The minimum Gasteiger partial charge on any atom is -0.488 e. The highest BCUT2D eigenvalue weighted by Crippen LogP contribution is 2.26. The number of para-hydroxylation sites is 1. The lowest BCUT2D eigenvalue weighted by Gasteiger charge is -2.10. The number of halogens is 2. The molecule has 0 bridgehead atoms. The molecular weight excluding hydrogens is 528 g/mol. The van der Waals surface area contributed by atoms with Crippen LogP contribution < -0.4 is 14.9 Å². The molecule has 4 aromatic rings. The molecule has 0 radical (unpaired) electrons. The summed E-state index contributed by atoms with van der Waals surface area (Å²) in [4.78, 5) is 12.7. The normalized spacial score (nSPS) is 10.8. The number of hydrogen-bond donors (Lipinski definition) is 1. The van der Waals surface area contributed by atoms with Gasteiger partial charge in [0.25, 0.3) is 5.91 Å². The van der Waals surface area contributed by atoms with Crippen LogP contribution in [0.5, 0.6) is 11.5 Å². The molecule has 4 aromatic carbocycles. The van der Waals surface area contributed by atoms with Crippen molar-refractivity contribution in [3.05, 3.63) is 129 Å². The van der Waals surface area contributed by atoms with Gasteiger partial charge >= 0.3 is 0 Å². The Balaban J connectivity index is 1.34. The predicted octanol–water partition coefficient (Wildman–Crippen LogP) is 7.02. The van der Waals surface area contributed by atoms with Gasteiger partial charge in [-0.3, -0.25) is 4.79 Å². The number of nitrogens with one attached hydrogen (secondary N) is 1. The number of benzene rings is 4. The summed E-state index contributed by atoms with van der Waals surface area (Å²) >= 11 is 9.44. The van der Waals surface area contributed by atoms with Crippen LogP contribution in [0.1, 0.15) is 27.0 Å². The highest BCUT2D eigenvalue weighted by molar-refractivity contribution is 9.10. The minimum atomic E-state index is -0.355. The number of hydrazone groups is 1. The van der Waals surface area contributed by atoms with Gasteiger partial charge in [-0.05, 0) is 75.1 Å². The van der Waals surface area contributed by atoms with E-state index < -0.39 is 0 Å². The third-order valence-electron chi connectivity index (χ3n) is 5.01. The molecule has 0 spiro atoms. The highest BCUT2D eigenvalue weighted by atomic mass is 79.9. The Labute approximate surface area is 217 Å². The van der Waals surface area contributed by atoms with Crippen LogP contribution in [0.4, 0.5) is 0 Å². The van der Waals surface area contributed by atoms with Crippen molar-refractivity contribution in [3.63, 3.8) is 0 Å². The van der Waals surface area contributed by atoms with Crippen LogP contribution in [-0.2, 0) is 13.2 Å². The number of rotatable bonds is 9. The quantitative estimate of drug-likeness (QED) is 0.180. The van der Waals surface area contributed by atoms with Crippen LogP contribution in [0.15, 0.2) is 107 Å². The van der Waals surface area contributed by atoms with Crippen molar-refractivity contribution in [1.82, 2.24) is 5.43 Å². The first-order chi connectivity index (χ1) is 17.1. The summed E-state index contributed by atoms with van der Waals surface area (Å²) in [6, 6.07) is 29.9. The second-order valence-electron chi connectivity index (χ2n) is 7.57. The van der Waals surface area contributed by atoms with Gasteiger partial charge < -0.3 is 9.47 Å². The van der Waals surface area contributed by atoms with Crippen LogP contribution in [0.2, 0.25) is 5.02 Å². The zero-order valence-corrected chi connectivity index (χ0v) is 21.0. The summed E-state index contributed by atoms with van der Waals surface area (Å²) in [5.41, 5.74) is 5.81. The lowest BCUT2D eigenvalue weighted by molar-refractivity contribution is 0.0950. The van der Waals surface area contributed by atoms with Crippen LogP contribution in [-0.4, -0.2) is 12.1 Å². The second kappa shape index (κ2) is 12.2. The van der Waals surface area contributed by atoms with E-state index in [4.69, 9.17) is 21.1 Å². The largest absolute Gasteiger partial charge is 0.488 e. The summed E-state index contributed by atoms with van der Waals surface area (Å²) in [7, 11) is 0. The van der Waals surface area contributed by atoms with Gasteiger partial charge in [0, 0.05) is 5.02 Å². The van der Waals surface area contributed by atoms with Gasteiger partial charge in [0.05, 0.1) is 16.3 Å². The lowest BCUT2D eigenvalue weighted by Crippen LogP contribution is -2.18. The fraction of sp³-hybridized carbons (Fsp3) is 0.0714. The molecule has 0 fully saturated rings. The maximum absolute atomic E-state index is 12.7. The summed E-state index contributed by atoms with van der Waals surface area (Å²) in [5.74, 6) is 0.839. The van der Waals surface area contributed by atoms with Crippen molar-refractivity contribution in [2.24, 2.45) is 5.10 Å². The molecule has 0 aliphatic heterocycles. The van der Waals surface area contributed by atoms with Crippen molar-refractivity contribution >= 4 is 39.7 Å². The molecule has 1 amide bonds. The molecule has 7 heteroatoms. The number of carbonyl (C=O) groups excluding carboxylic acids is 1. The third kappa shape index (κ3) is 7.18. The molecule has 0 aromatic heterocycles. The van der Waals surface area contributed by atoms with E-state index in [1.807, 2.05) is 78.9 Å². The maximum atomic E-state index is 12.7. The van der Waals surface area contributed by atoms with Gasteiger partial charge in [0.15, 0.2) is 0 Å². The van der Waals surface area contributed by atoms with Gasteiger partial charge in [-0.2, -0.15) is 5.10 Å². The van der Waals surface area contributed by atoms with E-state index in [0.717, 1.165) is 21.2 Å². The zero-order valence-electron chi connectivity index (χ0n) is 18.7. The lowest BCUT2D eigenvalue weighted by atomic mass is 10.2. The topological polar surface area (TPSA) is 59.9 Å². The summed E-state index contributed by atoms with van der Waals surface area (Å²) in [6.07, 6.45) is 1.57. The van der Waals surface area contributed by atoms with Gasteiger partial charge in [0.1, 0.15) is 24.7 Å². The van der Waals surface area contributed by atoms with Gasteiger partial charge in [-0.25, -0.2) is 5.43 Å². The Morgan fingerprint density at radius 3 is 2.23 bits per heavy atom. The first kappa shape index (κ1) is 24.5. The summed E-state index contributed by atoms with van der Waals surface area (Å²) in [6.45, 7) is 0.792. The van der Waals surface area contributed by atoms with E-state index in [2.05, 4.69) is 26.5 Å². The predicted molar refractivity (Wildman–Crippen MR) is 142 cm³/mol. The Bertz CT molecular complexity index is 1310. The molecule has 0 saturated carbocycles. The smallest absolute Gasteiger partial charge is 0.275 e. The van der Waals surface area contributed by atoms with Crippen molar-refractivity contribution < 1.29 is 14.3 Å². The van der Waals surface area contributed by atoms with Crippen LogP contribution in [0, 0.1) is 0 Å². The first-order valence-electron chi connectivity index (χ1n) is 10.8. The van der Waals surface area contributed by atoms with Crippen molar-refractivity contribution in [3.8, 4) is 11.5 Å². The Morgan fingerprint density at radius 2 is 1.49 bits per heavy atom. The van der Waals surface area contributed by atoms with Crippen LogP contribution in [0.25, 0.3) is 0 Å². The highest BCUT2D eigenvalue weighted by Gasteiger charge is 2.11. The number of ether oxygens (including phenoxy) is 2. The van der Waals surface area contributed by atoms with Gasteiger partial charge in [-0.1, -0.05) is 66.2 Å². The second-order valence-corrected chi connectivity index (χ2v) is 8.87. The Hall–Kier alpha value is -3.61. The molecular formula is C28H22BrClN2O3. The summed E-state index contributed by atoms with van der Waals surface area (Å²) in [5, 5.41) is 4.78. The molecule has 1 N–H and O–H groups in total. The molecule has 0 aliphatic carbocycles. The fourth-order valence-corrected chi connectivity index (χ4v) is 3.83. The Kier molecular flexibility index (Phi) is 8.54.